The van der Waals surface area contributed by atoms with Crippen LogP contribution < -0.4 is 19.5 Å². The molecule has 1 amide bonds. The maximum Gasteiger partial charge on any atom is 0.244 e. The molecule has 28 heavy (non-hydrogen) atoms. The van der Waals surface area contributed by atoms with E-state index in [0.29, 0.717) is 29.1 Å². The molecule has 1 aliphatic carbocycles. The van der Waals surface area contributed by atoms with E-state index in [1.54, 1.807) is 39.5 Å². The number of hydrogen-bond acceptors (Lipinski definition) is 7. The Kier molecular flexibility index (Phi) is 6.46. The van der Waals surface area contributed by atoms with Crippen LogP contribution in [0, 0.1) is 0 Å². The van der Waals surface area contributed by atoms with Crippen LogP contribution in [0.4, 0.5) is 0 Å². The molecule has 1 heterocycles. The summed E-state index contributed by atoms with van der Waals surface area (Å²) in [5.74, 6) is 1.98. The number of ether oxygens (including phenoxy) is 3. The van der Waals surface area contributed by atoms with Crippen LogP contribution in [-0.2, 0) is 11.3 Å². The first-order valence-corrected chi connectivity index (χ1v) is 9.19. The Balaban J connectivity index is 1.64. The van der Waals surface area contributed by atoms with Crippen molar-refractivity contribution in [1.29, 1.82) is 0 Å². The van der Waals surface area contributed by atoms with Crippen molar-refractivity contribution in [3.8, 4) is 17.2 Å². The van der Waals surface area contributed by atoms with E-state index in [0.717, 1.165) is 18.4 Å². The summed E-state index contributed by atoms with van der Waals surface area (Å²) in [5.41, 5.74) is 0.750. The van der Waals surface area contributed by atoms with Gasteiger partial charge in [0.05, 0.1) is 33.9 Å². The highest BCUT2D eigenvalue weighted by Gasteiger charge is 2.21. The monoisotopic (exact) mass is 387 g/mol. The van der Waals surface area contributed by atoms with E-state index in [1.165, 1.54) is 18.9 Å². The SMILES string of the molecule is COc1cc(/C=C/C(=O)NCc2nnnn2C2CCCC2)cc(OC)c1OC. The summed E-state index contributed by atoms with van der Waals surface area (Å²) in [5, 5.41) is 14.7. The third-order valence-corrected chi connectivity index (χ3v) is 4.77. The molecule has 1 N–H and O–H groups in total. The molecule has 0 aliphatic heterocycles. The maximum atomic E-state index is 12.2. The summed E-state index contributed by atoms with van der Waals surface area (Å²) < 4.78 is 17.8. The lowest BCUT2D eigenvalue weighted by Crippen LogP contribution is -2.24. The first-order valence-electron chi connectivity index (χ1n) is 9.19. The number of hydrogen-bond donors (Lipinski definition) is 1. The Bertz CT molecular complexity index is 818. The normalized spacial score (nSPS) is 14.4. The van der Waals surface area contributed by atoms with Crippen molar-refractivity contribution in [1.82, 2.24) is 25.5 Å². The Labute approximate surface area is 163 Å². The van der Waals surface area contributed by atoms with Crippen LogP contribution in [0.3, 0.4) is 0 Å². The molecule has 1 aliphatic rings. The highest BCUT2D eigenvalue weighted by molar-refractivity contribution is 5.91. The molecule has 2 aromatic rings. The van der Waals surface area contributed by atoms with Crippen LogP contribution in [0.15, 0.2) is 18.2 Å². The minimum absolute atomic E-state index is 0.241. The van der Waals surface area contributed by atoms with E-state index < -0.39 is 0 Å². The van der Waals surface area contributed by atoms with E-state index >= 15 is 0 Å². The maximum absolute atomic E-state index is 12.2. The van der Waals surface area contributed by atoms with Gasteiger partial charge in [-0.15, -0.1) is 5.10 Å². The predicted molar refractivity (Wildman–Crippen MR) is 102 cm³/mol. The molecule has 3 rings (SSSR count). The van der Waals surface area contributed by atoms with E-state index in [1.807, 2.05) is 4.68 Å². The van der Waals surface area contributed by atoms with Gasteiger partial charge in [0.2, 0.25) is 11.7 Å². The van der Waals surface area contributed by atoms with Gasteiger partial charge in [0.1, 0.15) is 0 Å². The van der Waals surface area contributed by atoms with Crippen LogP contribution in [0.5, 0.6) is 17.2 Å². The van der Waals surface area contributed by atoms with Gasteiger partial charge in [0.25, 0.3) is 0 Å². The molecule has 0 radical (unpaired) electrons. The van der Waals surface area contributed by atoms with Crippen molar-refractivity contribution in [2.45, 2.75) is 38.3 Å². The Morgan fingerprint density at radius 3 is 2.46 bits per heavy atom. The average molecular weight is 387 g/mol. The van der Waals surface area contributed by atoms with Crippen molar-refractivity contribution in [3.05, 3.63) is 29.6 Å². The molecule has 1 saturated carbocycles. The van der Waals surface area contributed by atoms with Gasteiger partial charge in [-0.25, -0.2) is 4.68 Å². The lowest BCUT2D eigenvalue weighted by atomic mass is 10.1. The summed E-state index contributed by atoms with van der Waals surface area (Å²) in [7, 11) is 4.64. The Morgan fingerprint density at radius 1 is 1.18 bits per heavy atom. The summed E-state index contributed by atoms with van der Waals surface area (Å²) >= 11 is 0. The molecule has 9 heteroatoms. The van der Waals surface area contributed by atoms with Crippen LogP contribution in [0.2, 0.25) is 0 Å². The third kappa shape index (κ3) is 4.41. The fourth-order valence-corrected chi connectivity index (χ4v) is 3.36. The van der Waals surface area contributed by atoms with E-state index in [9.17, 15) is 4.79 Å². The Morgan fingerprint density at radius 2 is 1.86 bits per heavy atom. The largest absolute Gasteiger partial charge is 0.493 e. The second kappa shape index (κ2) is 9.20. The van der Waals surface area contributed by atoms with Gasteiger partial charge in [-0.3, -0.25) is 4.79 Å². The van der Waals surface area contributed by atoms with E-state index in [-0.39, 0.29) is 12.5 Å². The third-order valence-electron chi connectivity index (χ3n) is 4.77. The van der Waals surface area contributed by atoms with Crippen LogP contribution in [0.25, 0.3) is 6.08 Å². The number of tetrazole rings is 1. The fraction of sp³-hybridized carbons (Fsp3) is 0.474. The smallest absolute Gasteiger partial charge is 0.244 e. The summed E-state index contributed by atoms with van der Waals surface area (Å²) in [6.07, 6.45) is 7.66. The van der Waals surface area contributed by atoms with Crippen LogP contribution >= 0.6 is 0 Å². The predicted octanol–water partition coefficient (Wildman–Crippen LogP) is 2.14. The Hall–Kier alpha value is -3.10. The zero-order chi connectivity index (χ0) is 19.9. The van der Waals surface area contributed by atoms with Crippen molar-refractivity contribution in [3.63, 3.8) is 0 Å². The number of methoxy groups -OCH3 is 3. The number of rotatable bonds is 8. The highest BCUT2D eigenvalue weighted by Crippen LogP contribution is 2.38. The molecule has 9 nitrogen and oxygen atoms in total. The minimum Gasteiger partial charge on any atom is -0.493 e. The molecule has 0 bridgehead atoms. The van der Waals surface area contributed by atoms with Crippen molar-refractivity contribution in [2.75, 3.05) is 21.3 Å². The second-order valence-corrected chi connectivity index (χ2v) is 6.49. The van der Waals surface area contributed by atoms with Crippen molar-refractivity contribution in [2.24, 2.45) is 0 Å². The van der Waals surface area contributed by atoms with Gasteiger partial charge < -0.3 is 19.5 Å². The summed E-state index contributed by atoms with van der Waals surface area (Å²) in [6.45, 7) is 0.280. The van der Waals surface area contributed by atoms with Gasteiger partial charge >= 0.3 is 0 Å². The zero-order valence-electron chi connectivity index (χ0n) is 16.3. The minimum atomic E-state index is -0.241. The number of carbonyl (C=O) groups is 1. The molecule has 1 aromatic heterocycles. The van der Waals surface area contributed by atoms with E-state index in [2.05, 4.69) is 20.8 Å². The molecule has 150 valence electrons. The molecule has 1 fully saturated rings. The highest BCUT2D eigenvalue weighted by atomic mass is 16.5. The summed E-state index contributed by atoms with van der Waals surface area (Å²) in [4.78, 5) is 12.2. The van der Waals surface area contributed by atoms with E-state index in [4.69, 9.17) is 14.2 Å². The standard InChI is InChI=1S/C19H25N5O4/c1-26-15-10-13(11-16(27-2)19(15)28-3)8-9-18(25)20-12-17-21-22-23-24(17)14-6-4-5-7-14/h8-11,14H,4-7,12H2,1-3H3,(H,20,25)/b9-8+. The van der Waals surface area contributed by atoms with Crippen molar-refractivity contribution < 1.29 is 19.0 Å². The van der Waals surface area contributed by atoms with Gasteiger partial charge in [-0.1, -0.05) is 12.8 Å². The van der Waals surface area contributed by atoms with Gasteiger partial charge in [0.15, 0.2) is 17.3 Å². The number of nitrogens with zero attached hydrogens (tertiary/aromatic N) is 4. The molecular formula is C19H25N5O4. The van der Waals surface area contributed by atoms with Crippen molar-refractivity contribution >= 4 is 12.0 Å². The number of aromatic nitrogens is 4. The zero-order valence-corrected chi connectivity index (χ0v) is 16.3. The molecule has 0 spiro atoms. The van der Waals surface area contributed by atoms with Crippen LogP contribution in [0.1, 0.15) is 43.1 Å². The fourth-order valence-electron chi connectivity index (χ4n) is 3.36. The number of amides is 1. The van der Waals surface area contributed by atoms with Gasteiger partial charge in [-0.05, 0) is 47.0 Å². The lowest BCUT2D eigenvalue weighted by Gasteiger charge is -2.13. The average Bonchev–Trinajstić information content (AvgIpc) is 3.40. The number of benzene rings is 1. The van der Waals surface area contributed by atoms with Crippen LogP contribution in [-0.4, -0.2) is 47.4 Å². The molecule has 0 atom stereocenters. The topological polar surface area (TPSA) is 100 Å². The first-order chi connectivity index (χ1) is 13.7. The molecule has 0 unspecified atom stereocenters. The molecular weight excluding hydrogens is 362 g/mol. The van der Waals surface area contributed by atoms with Gasteiger partial charge in [0, 0.05) is 6.08 Å². The first kappa shape index (κ1) is 19.7. The number of nitrogens with one attached hydrogen (secondary N) is 1. The van der Waals surface area contributed by atoms with Gasteiger partial charge in [-0.2, -0.15) is 0 Å². The lowest BCUT2D eigenvalue weighted by molar-refractivity contribution is -0.116. The quantitative estimate of drug-likeness (QED) is 0.693. The molecule has 0 saturated heterocycles. The second-order valence-electron chi connectivity index (χ2n) is 6.49. The summed E-state index contributed by atoms with van der Waals surface area (Å²) in [6, 6.07) is 3.87. The number of carbonyl (C=O) groups excluding carboxylic acids is 1. The molecule has 1 aromatic carbocycles.